The van der Waals surface area contributed by atoms with Crippen LogP contribution < -0.4 is 20.9 Å². The molecule has 4 N–H and O–H groups in total. The molecule has 5 amide bonds. The van der Waals surface area contributed by atoms with Crippen LogP contribution in [0.5, 0.6) is 5.75 Å². The van der Waals surface area contributed by atoms with Gasteiger partial charge in [0.05, 0.1) is 17.7 Å². The standard InChI is InChI=1S/C38H42N6O7/c1-42(24-25-8-6-9-28(22-25)51-21-20-43-19-16-26-12-13-27(23-32(26)43)35(46)41-50)18-5-3-2-4-17-39-30-11-7-10-29-34(30)38(49)44(37(29)48)31-14-15-33(45)40-36(31)47/h6-13,16,19,22-23,31,39,50H,2-5,14-15,17-18,20-21,24H2,1H3,(H,41,46)(H,40,45,47). The van der Waals surface area contributed by atoms with Crippen molar-refractivity contribution in [1.82, 2.24) is 25.2 Å². The fraction of sp³-hybridized carbons (Fsp3) is 0.342. The number of rotatable bonds is 16. The van der Waals surface area contributed by atoms with E-state index >= 15 is 0 Å². The number of piperidine rings is 1. The number of imide groups is 2. The van der Waals surface area contributed by atoms with Gasteiger partial charge in [0.15, 0.2) is 0 Å². The topological polar surface area (TPSA) is 162 Å². The summed E-state index contributed by atoms with van der Waals surface area (Å²) in [6, 6.07) is 19.4. The number of carbonyl (C=O) groups is 5. The third kappa shape index (κ3) is 8.11. The lowest BCUT2D eigenvalue weighted by molar-refractivity contribution is -0.136. The van der Waals surface area contributed by atoms with Crippen LogP contribution in [0.2, 0.25) is 0 Å². The third-order valence-electron chi connectivity index (χ3n) is 9.34. The van der Waals surface area contributed by atoms with E-state index < -0.39 is 35.6 Å². The van der Waals surface area contributed by atoms with Crippen molar-refractivity contribution in [2.24, 2.45) is 0 Å². The number of aromatic nitrogens is 1. The van der Waals surface area contributed by atoms with Gasteiger partial charge >= 0.3 is 0 Å². The molecule has 1 atom stereocenters. The van der Waals surface area contributed by atoms with Gasteiger partial charge in [0.1, 0.15) is 18.4 Å². The molecule has 3 heterocycles. The van der Waals surface area contributed by atoms with Crippen LogP contribution in [0, 0.1) is 0 Å². The van der Waals surface area contributed by atoms with Crippen molar-refractivity contribution >= 4 is 46.1 Å². The minimum Gasteiger partial charge on any atom is -0.492 e. The first kappa shape index (κ1) is 35.3. The lowest BCUT2D eigenvalue weighted by atomic mass is 10.0. The fourth-order valence-electron chi connectivity index (χ4n) is 6.72. The number of ether oxygens (including phenoxy) is 1. The largest absolute Gasteiger partial charge is 0.492 e. The zero-order chi connectivity index (χ0) is 35.9. The van der Waals surface area contributed by atoms with E-state index in [1.54, 1.807) is 35.8 Å². The zero-order valence-corrected chi connectivity index (χ0v) is 28.5. The molecule has 0 aliphatic carbocycles. The number of carbonyl (C=O) groups excluding carboxylic acids is 5. The van der Waals surface area contributed by atoms with Gasteiger partial charge in [-0.15, -0.1) is 0 Å². The zero-order valence-electron chi connectivity index (χ0n) is 28.5. The number of nitrogens with one attached hydrogen (secondary N) is 3. The normalized spacial score (nSPS) is 15.7. The minimum atomic E-state index is -0.984. The molecular formula is C38H42N6O7. The van der Waals surface area contributed by atoms with Crippen LogP contribution in [0.1, 0.15) is 75.2 Å². The number of nitrogens with zero attached hydrogens (tertiary/aromatic N) is 3. The highest BCUT2D eigenvalue weighted by Gasteiger charge is 2.45. The summed E-state index contributed by atoms with van der Waals surface area (Å²) in [6.45, 7) is 3.42. The summed E-state index contributed by atoms with van der Waals surface area (Å²) in [5.74, 6) is -1.79. The van der Waals surface area contributed by atoms with Crippen molar-refractivity contribution in [2.75, 3.05) is 32.1 Å². The summed E-state index contributed by atoms with van der Waals surface area (Å²) in [6.07, 6.45) is 6.14. The second kappa shape index (κ2) is 16.0. The van der Waals surface area contributed by atoms with E-state index in [2.05, 4.69) is 34.7 Å². The molecule has 1 aromatic heterocycles. The molecule has 13 heteroatoms. The number of benzene rings is 3. The summed E-state index contributed by atoms with van der Waals surface area (Å²) in [5, 5.41) is 15.5. The maximum absolute atomic E-state index is 13.3. The Morgan fingerprint density at radius 1 is 0.980 bits per heavy atom. The van der Waals surface area contributed by atoms with Crippen molar-refractivity contribution < 1.29 is 33.9 Å². The molecule has 51 heavy (non-hydrogen) atoms. The van der Waals surface area contributed by atoms with Gasteiger partial charge in [-0.3, -0.25) is 39.4 Å². The number of fused-ring (bicyclic) bond motifs is 2. The highest BCUT2D eigenvalue weighted by molar-refractivity contribution is 6.25. The number of amides is 5. The lowest BCUT2D eigenvalue weighted by Crippen LogP contribution is -2.54. The Balaban J connectivity index is 0.898. The molecule has 6 rings (SSSR count). The molecular weight excluding hydrogens is 652 g/mol. The van der Waals surface area contributed by atoms with Gasteiger partial charge in [0.2, 0.25) is 11.8 Å². The average molecular weight is 695 g/mol. The first-order valence-electron chi connectivity index (χ1n) is 17.3. The minimum absolute atomic E-state index is 0.0845. The van der Waals surface area contributed by atoms with E-state index in [4.69, 9.17) is 9.94 Å². The first-order valence-corrected chi connectivity index (χ1v) is 17.3. The van der Waals surface area contributed by atoms with E-state index in [1.807, 2.05) is 35.0 Å². The third-order valence-corrected chi connectivity index (χ3v) is 9.34. The molecule has 0 bridgehead atoms. The Morgan fingerprint density at radius 2 is 1.80 bits per heavy atom. The van der Waals surface area contributed by atoms with E-state index in [0.29, 0.717) is 30.9 Å². The van der Waals surface area contributed by atoms with Crippen LogP contribution in [0.25, 0.3) is 10.9 Å². The van der Waals surface area contributed by atoms with E-state index in [9.17, 15) is 24.0 Å². The van der Waals surface area contributed by atoms with Crippen LogP contribution in [0.15, 0.2) is 72.9 Å². The molecule has 13 nitrogen and oxygen atoms in total. The number of hydrogen-bond donors (Lipinski definition) is 4. The van der Waals surface area contributed by atoms with Crippen LogP contribution in [0.3, 0.4) is 0 Å². The Hall–Kier alpha value is -5.53. The maximum atomic E-state index is 13.3. The quantitative estimate of drug-likeness (QED) is 0.0579. The van der Waals surface area contributed by atoms with Crippen LogP contribution in [0.4, 0.5) is 5.69 Å². The summed E-state index contributed by atoms with van der Waals surface area (Å²) in [7, 11) is 2.10. The molecule has 266 valence electrons. The van der Waals surface area contributed by atoms with Crippen LogP contribution in [-0.2, 0) is 22.7 Å². The van der Waals surface area contributed by atoms with Crippen molar-refractivity contribution in [3.63, 3.8) is 0 Å². The first-order chi connectivity index (χ1) is 24.7. The molecule has 1 saturated heterocycles. The van der Waals surface area contributed by atoms with Crippen LogP contribution in [-0.4, -0.2) is 81.9 Å². The van der Waals surface area contributed by atoms with Crippen molar-refractivity contribution in [2.45, 2.75) is 57.7 Å². The Kier molecular flexibility index (Phi) is 11.1. The van der Waals surface area contributed by atoms with Gasteiger partial charge in [-0.25, -0.2) is 5.48 Å². The summed E-state index contributed by atoms with van der Waals surface area (Å²) >= 11 is 0. The van der Waals surface area contributed by atoms with Crippen molar-refractivity contribution in [3.05, 3.63) is 95.2 Å². The second-order valence-electron chi connectivity index (χ2n) is 13.0. The Labute approximate surface area is 295 Å². The Bertz CT molecular complexity index is 1960. The number of unbranched alkanes of at least 4 members (excludes halogenated alkanes) is 3. The highest BCUT2D eigenvalue weighted by Crippen LogP contribution is 2.32. The molecule has 0 spiro atoms. The van der Waals surface area contributed by atoms with E-state index in [0.717, 1.165) is 65.9 Å². The van der Waals surface area contributed by atoms with Gasteiger partial charge < -0.3 is 19.5 Å². The predicted molar refractivity (Wildman–Crippen MR) is 190 cm³/mol. The van der Waals surface area contributed by atoms with Crippen molar-refractivity contribution in [3.8, 4) is 5.75 Å². The molecule has 1 fully saturated rings. The van der Waals surface area contributed by atoms with Gasteiger partial charge in [-0.05, 0) is 86.3 Å². The Morgan fingerprint density at radius 3 is 2.63 bits per heavy atom. The molecule has 0 radical (unpaired) electrons. The number of hydroxylamine groups is 1. The number of hydrogen-bond acceptors (Lipinski definition) is 9. The average Bonchev–Trinajstić information content (AvgIpc) is 3.64. The lowest BCUT2D eigenvalue weighted by Gasteiger charge is -2.27. The predicted octanol–water partition coefficient (Wildman–Crippen LogP) is 4.34. The fourth-order valence-corrected chi connectivity index (χ4v) is 6.72. The molecule has 3 aromatic carbocycles. The molecule has 2 aliphatic rings. The summed E-state index contributed by atoms with van der Waals surface area (Å²) in [4.78, 5) is 65.4. The van der Waals surface area contributed by atoms with E-state index in [1.165, 1.54) is 0 Å². The van der Waals surface area contributed by atoms with Crippen molar-refractivity contribution in [1.29, 1.82) is 0 Å². The summed E-state index contributed by atoms with van der Waals surface area (Å²) in [5.41, 5.74) is 5.23. The SMILES string of the molecule is CN(CCCCCCNc1cccc2c1C(=O)N(C1CCC(=O)NC1=O)C2=O)Cc1cccc(OCCn2ccc3ccc(C(=O)NO)cc32)c1. The summed E-state index contributed by atoms with van der Waals surface area (Å²) < 4.78 is 8.08. The maximum Gasteiger partial charge on any atom is 0.274 e. The van der Waals surface area contributed by atoms with E-state index in [-0.39, 0.29) is 24.0 Å². The van der Waals surface area contributed by atoms with Gasteiger partial charge in [-0.2, -0.15) is 0 Å². The molecule has 0 saturated carbocycles. The molecule has 4 aromatic rings. The van der Waals surface area contributed by atoms with Gasteiger partial charge in [-0.1, -0.05) is 37.1 Å². The molecule has 2 aliphatic heterocycles. The molecule has 1 unspecified atom stereocenters. The highest BCUT2D eigenvalue weighted by atomic mass is 16.5. The number of anilines is 1. The smallest absolute Gasteiger partial charge is 0.274 e. The second-order valence-corrected chi connectivity index (χ2v) is 13.0. The monoisotopic (exact) mass is 694 g/mol. The van der Waals surface area contributed by atoms with Gasteiger partial charge in [0, 0.05) is 42.5 Å². The van der Waals surface area contributed by atoms with Gasteiger partial charge in [0.25, 0.3) is 17.7 Å². The van der Waals surface area contributed by atoms with Crippen LogP contribution >= 0.6 is 0 Å².